The van der Waals surface area contributed by atoms with E-state index in [1.54, 1.807) is 25.3 Å². The van der Waals surface area contributed by atoms with Crippen LogP contribution in [0.3, 0.4) is 0 Å². The number of carbonyl (C=O) groups is 1. The zero-order chi connectivity index (χ0) is 23.4. The molecule has 0 saturated carbocycles. The van der Waals surface area contributed by atoms with Gasteiger partial charge in [0.15, 0.2) is 17.1 Å². The highest BCUT2D eigenvalue weighted by molar-refractivity contribution is 7.99. The molecule has 1 N–H and O–H groups in total. The topological polar surface area (TPSA) is 99.7 Å². The van der Waals surface area contributed by atoms with Crippen molar-refractivity contribution in [3.8, 4) is 11.5 Å². The van der Waals surface area contributed by atoms with E-state index in [9.17, 15) is 9.59 Å². The van der Waals surface area contributed by atoms with Gasteiger partial charge in [-0.15, -0.1) is 5.10 Å². The fourth-order valence-corrected chi connectivity index (χ4v) is 4.03. The second kappa shape index (κ2) is 9.78. The summed E-state index contributed by atoms with van der Waals surface area (Å²) in [5.74, 6) is 0.763. The average molecular weight is 466 g/mol. The number of carbonyl (C=O) groups excluding carboxylic acids is 1. The number of aryl methyl sites for hydroxylation is 1. The first kappa shape index (κ1) is 22.4. The third kappa shape index (κ3) is 5.01. The lowest BCUT2D eigenvalue weighted by atomic mass is 10.2. The summed E-state index contributed by atoms with van der Waals surface area (Å²) >= 11 is 1.45. The first-order valence-corrected chi connectivity index (χ1v) is 11.0. The highest BCUT2D eigenvalue weighted by Crippen LogP contribution is 2.30. The van der Waals surface area contributed by atoms with Crippen LogP contribution in [-0.2, 0) is 17.9 Å². The predicted octanol–water partition coefficient (Wildman–Crippen LogP) is 2.68. The Morgan fingerprint density at radius 1 is 1.03 bits per heavy atom. The lowest BCUT2D eigenvalue weighted by molar-refractivity contribution is -0.122. The summed E-state index contributed by atoms with van der Waals surface area (Å²) in [6.45, 7) is 2.02. The Bertz CT molecular complexity index is 1350. The monoisotopic (exact) mass is 465 g/mol. The quantitative estimate of drug-likeness (QED) is 0.427. The van der Waals surface area contributed by atoms with Crippen LogP contribution in [0.15, 0.2) is 69.3 Å². The van der Waals surface area contributed by atoms with Crippen LogP contribution in [-0.4, -0.2) is 39.5 Å². The van der Waals surface area contributed by atoms with Gasteiger partial charge in [0.05, 0.1) is 14.2 Å². The maximum atomic E-state index is 12.7. The van der Waals surface area contributed by atoms with Crippen molar-refractivity contribution in [1.82, 2.24) is 24.7 Å². The van der Waals surface area contributed by atoms with Gasteiger partial charge >= 0.3 is 5.69 Å². The van der Waals surface area contributed by atoms with Crippen molar-refractivity contribution in [3.05, 3.63) is 76.2 Å². The number of rotatable bonds is 8. The van der Waals surface area contributed by atoms with Crippen molar-refractivity contribution in [3.63, 3.8) is 0 Å². The van der Waals surface area contributed by atoms with Gasteiger partial charge in [-0.2, -0.15) is 9.61 Å². The summed E-state index contributed by atoms with van der Waals surface area (Å²) < 4.78 is 13.0. The van der Waals surface area contributed by atoms with Crippen LogP contribution in [0.2, 0.25) is 0 Å². The Morgan fingerprint density at radius 3 is 2.55 bits per heavy atom. The molecule has 0 spiro atoms. The number of methoxy groups -OCH3 is 2. The van der Waals surface area contributed by atoms with E-state index in [4.69, 9.17) is 9.47 Å². The van der Waals surface area contributed by atoms with Gasteiger partial charge < -0.3 is 14.8 Å². The standard InChI is InChI=1S/C23H23N5O4S/c1-15-7-9-17(10-8-15)33-21-12-11-19-25-27(23(30)28(19)26-21)14-20(29)24-13-16-5-4-6-18(31-2)22(16)32-3/h4-12H,13-14H2,1-3H3,(H,24,29). The molecule has 0 bridgehead atoms. The van der Waals surface area contributed by atoms with Gasteiger partial charge in [-0.05, 0) is 37.3 Å². The highest BCUT2D eigenvalue weighted by Gasteiger charge is 2.14. The summed E-state index contributed by atoms with van der Waals surface area (Å²) in [5.41, 5.74) is 1.82. The van der Waals surface area contributed by atoms with Crippen molar-refractivity contribution in [2.45, 2.75) is 29.9 Å². The molecule has 0 radical (unpaired) electrons. The summed E-state index contributed by atoms with van der Waals surface area (Å²) in [6, 6.07) is 17.0. The normalized spacial score (nSPS) is 10.9. The molecule has 0 unspecified atom stereocenters. The van der Waals surface area contributed by atoms with Gasteiger partial charge in [-0.25, -0.2) is 9.48 Å². The Hall–Kier alpha value is -3.79. The predicted molar refractivity (Wildman–Crippen MR) is 124 cm³/mol. The molecule has 4 aromatic rings. The average Bonchev–Trinajstić information content (AvgIpc) is 3.13. The maximum Gasteiger partial charge on any atom is 0.367 e. The Labute approximate surface area is 194 Å². The lowest BCUT2D eigenvalue weighted by Gasteiger charge is -2.13. The van der Waals surface area contributed by atoms with Gasteiger partial charge in [0.25, 0.3) is 0 Å². The van der Waals surface area contributed by atoms with E-state index in [0.29, 0.717) is 22.2 Å². The molecule has 2 aromatic carbocycles. The minimum atomic E-state index is -0.481. The number of para-hydroxylation sites is 1. The van der Waals surface area contributed by atoms with E-state index in [-0.39, 0.29) is 19.0 Å². The van der Waals surface area contributed by atoms with Gasteiger partial charge in [0.1, 0.15) is 11.6 Å². The molecule has 2 heterocycles. The first-order chi connectivity index (χ1) is 16.0. The van der Waals surface area contributed by atoms with Gasteiger partial charge in [-0.3, -0.25) is 4.79 Å². The van der Waals surface area contributed by atoms with Gasteiger partial charge in [-0.1, -0.05) is 41.6 Å². The van der Waals surface area contributed by atoms with Crippen molar-refractivity contribution in [2.75, 3.05) is 14.2 Å². The number of nitrogens with one attached hydrogen (secondary N) is 1. The molecule has 2 aromatic heterocycles. The van der Waals surface area contributed by atoms with E-state index in [1.807, 2.05) is 43.3 Å². The third-order valence-corrected chi connectivity index (χ3v) is 5.85. The van der Waals surface area contributed by atoms with Crippen LogP contribution < -0.4 is 20.5 Å². The Morgan fingerprint density at radius 2 is 1.82 bits per heavy atom. The zero-order valence-corrected chi connectivity index (χ0v) is 19.3. The largest absolute Gasteiger partial charge is 0.493 e. The second-order valence-corrected chi connectivity index (χ2v) is 8.32. The molecule has 170 valence electrons. The number of hydrogen-bond acceptors (Lipinski definition) is 7. The molecule has 0 atom stereocenters. The van der Waals surface area contributed by atoms with E-state index >= 15 is 0 Å². The number of benzene rings is 2. The van der Waals surface area contributed by atoms with Crippen LogP contribution in [0, 0.1) is 6.92 Å². The fraction of sp³-hybridized carbons (Fsp3) is 0.217. The summed E-state index contributed by atoms with van der Waals surface area (Å²) in [7, 11) is 3.09. The number of amides is 1. The molecule has 0 aliphatic carbocycles. The SMILES string of the molecule is COc1cccc(CNC(=O)Cn2nc3ccc(Sc4ccc(C)cc4)nn3c2=O)c1OC. The molecule has 4 rings (SSSR count). The lowest BCUT2D eigenvalue weighted by Crippen LogP contribution is -2.32. The molecule has 0 fully saturated rings. The van der Waals surface area contributed by atoms with E-state index < -0.39 is 5.69 Å². The fourth-order valence-electron chi connectivity index (χ4n) is 3.25. The van der Waals surface area contributed by atoms with Crippen LogP contribution in [0.5, 0.6) is 11.5 Å². The van der Waals surface area contributed by atoms with Crippen molar-refractivity contribution in [1.29, 1.82) is 0 Å². The third-order valence-electron chi connectivity index (χ3n) is 4.91. The molecule has 0 aliphatic heterocycles. The van der Waals surface area contributed by atoms with Gasteiger partial charge in [0.2, 0.25) is 5.91 Å². The Balaban J connectivity index is 1.46. The van der Waals surface area contributed by atoms with Crippen LogP contribution in [0.25, 0.3) is 5.65 Å². The molecule has 10 heteroatoms. The molecule has 9 nitrogen and oxygen atoms in total. The van der Waals surface area contributed by atoms with Crippen molar-refractivity contribution in [2.24, 2.45) is 0 Å². The van der Waals surface area contributed by atoms with Crippen LogP contribution >= 0.6 is 11.8 Å². The molecule has 0 aliphatic rings. The zero-order valence-electron chi connectivity index (χ0n) is 18.4. The summed E-state index contributed by atoms with van der Waals surface area (Å²) in [6.07, 6.45) is 0. The van der Waals surface area contributed by atoms with E-state index in [0.717, 1.165) is 15.1 Å². The minimum Gasteiger partial charge on any atom is -0.493 e. The number of aromatic nitrogens is 4. The smallest absolute Gasteiger partial charge is 0.367 e. The van der Waals surface area contributed by atoms with Crippen molar-refractivity contribution < 1.29 is 14.3 Å². The number of ether oxygens (including phenoxy) is 2. The molecule has 0 saturated heterocycles. The second-order valence-electron chi connectivity index (χ2n) is 7.23. The molecular formula is C23H23N5O4S. The Kier molecular flexibility index (Phi) is 6.64. The highest BCUT2D eigenvalue weighted by atomic mass is 32.2. The summed E-state index contributed by atoms with van der Waals surface area (Å²) in [5, 5.41) is 12.0. The van der Waals surface area contributed by atoms with E-state index in [1.165, 1.54) is 29.0 Å². The van der Waals surface area contributed by atoms with Crippen LogP contribution in [0.4, 0.5) is 0 Å². The first-order valence-electron chi connectivity index (χ1n) is 10.2. The molecule has 1 amide bonds. The maximum absolute atomic E-state index is 12.7. The van der Waals surface area contributed by atoms with E-state index in [2.05, 4.69) is 15.5 Å². The molecular weight excluding hydrogens is 442 g/mol. The number of fused-ring (bicyclic) bond motifs is 1. The van der Waals surface area contributed by atoms with Crippen LogP contribution in [0.1, 0.15) is 11.1 Å². The van der Waals surface area contributed by atoms with Crippen molar-refractivity contribution >= 4 is 23.3 Å². The minimum absolute atomic E-state index is 0.219. The number of nitrogens with zero attached hydrogens (tertiary/aromatic N) is 4. The summed E-state index contributed by atoms with van der Waals surface area (Å²) in [4.78, 5) is 26.2. The number of hydrogen-bond donors (Lipinski definition) is 1. The van der Waals surface area contributed by atoms with Gasteiger partial charge in [0, 0.05) is 17.0 Å². The molecule has 33 heavy (non-hydrogen) atoms.